The molecule has 2 amide bonds. The minimum Gasteiger partial charge on any atom is -0.387 e. The number of likely N-dealkylation sites (N-methyl/N-ethyl adjacent to an activating group) is 2. The lowest BCUT2D eigenvalue weighted by atomic mass is 9.97. The molecule has 0 aliphatic carbocycles. The maximum absolute atomic E-state index is 14.3. The summed E-state index contributed by atoms with van der Waals surface area (Å²) in [6.45, 7) is 1.96. The standard InChI is InChI=1S/C32H44N6O11/c1-4-5-6-16-7-9-17(10-8-16)34-28(44)18-11-13-36(2)21(29(45)37(18)3)26(49-31-25(43)22(40)19(15-33)47-31)27-23(41)24(42)30(48-27)38-14-12-20(39)35-32(38)46/h7-12,14,19,21-27,30-31,40-43H,4-6,13,15,33H2,1-3H3,(H,34,44)(H,35,39,46)/t19-,21+,22-,23+,24-,25-,26+,27+,30-,31+/m1/s1. The van der Waals surface area contributed by atoms with Gasteiger partial charge in [-0.2, -0.15) is 0 Å². The Kier molecular flexibility index (Phi) is 11.5. The SMILES string of the molecule is CCCCc1ccc(NC(=O)C2=CCN(C)[C@@H]([C@H](O[C@@H]3O[C@H](CN)[C@@H](O)[C@H]3O)[C@H]3O[C@@H](n4ccc(=O)[nH]c4=O)[C@H](O)[C@@H]3O)C(=O)N2C)cc1. The lowest BCUT2D eigenvalue weighted by Gasteiger charge is -2.38. The summed E-state index contributed by atoms with van der Waals surface area (Å²) >= 11 is 0. The number of aliphatic hydroxyl groups is 4. The molecule has 0 bridgehead atoms. The molecule has 17 heteroatoms. The van der Waals surface area contributed by atoms with Gasteiger partial charge in [0, 0.05) is 38.1 Å². The second-order valence-electron chi connectivity index (χ2n) is 12.5. The Bertz CT molecular complexity index is 1630. The van der Waals surface area contributed by atoms with Gasteiger partial charge in [-0.15, -0.1) is 0 Å². The third-order valence-corrected chi connectivity index (χ3v) is 9.13. The third kappa shape index (κ3) is 7.54. The van der Waals surface area contributed by atoms with Crippen molar-refractivity contribution in [2.24, 2.45) is 5.73 Å². The number of aromatic nitrogens is 2. The maximum Gasteiger partial charge on any atom is 0.330 e. The minimum absolute atomic E-state index is 0.0227. The van der Waals surface area contributed by atoms with Crippen molar-refractivity contribution in [2.75, 3.05) is 32.5 Å². The molecule has 0 saturated carbocycles. The van der Waals surface area contributed by atoms with Crippen LogP contribution in [0, 0.1) is 0 Å². The number of carbonyl (C=O) groups is 2. The minimum atomic E-state index is -1.77. The van der Waals surface area contributed by atoms with Gasteiger partial charge < -0.3 is 50.6 Å². The highest BCUT2D eigenvalue weighted by atomic mass is 16.7. The highest BCUT2D eigenvalue weighted by molar-refractivity contribution is 6.06. The van der Waals surface area contributed by atoms with Crippen molar-refractivity contribution in [3.05, 3.63) is 74.7 Å². The van der Waals surface area contributed by atoms with Crippen LogP contribution in [0.3, 0.4) is 0 Å². The van der Waals surface area contributed by atoms with Gasteiger partial charge in [0.25, 0.3) is 11.5 Å². The summed E-state index contributed by atoms with van der Waals surface area (Å²) in [4.78, 5) is 56.6. The molecule has 268 valence electrons. The maximum atomic E-state index is 14.3. The van der Waals surface area contributed by atoms with E-state index in [1.165, 1.54) is 11.9 Å². The number of aliphatic hydroxyl groups excluding tert-OH is 4. The zero-order valence-corrected chi connectivity index (χ0v) is 27.4. The molecule has 0 radical (unpaired) electrons. The number of H-pyrrole nitrogens is 1. The van der Waals surface area contributed by atoms with Gasteiger partial charge in [-0.3, -0.25) is 28.8 Å². The monoisotopic (exact) mass is 688 g/mol. The number of nitrogens with two attached hydrogens (primary N) is 1. The number of benzene rings is 1. The van der Waals surface area contributed by atoms with E-state index in [1.54, 1.807) is 25.3 Å². The van der Waals surface area contributed by atoms with Crippen molar-refractivity contribution in [3.8, 4) is 0 Å². The molecule has 8 N–H and O–H groups in total. The van der Waals surface area contributed by atoms with Crippen molar-refractivity contribution in [3.63, 3.8) is 0 Å². The number of aromatic amines is 1. The summed E-state index contributed by atoms with van der Waals surface area (Å²) in [7, 11) is 2.95. The predicted octanol–water partition coefficient (Wildman–Crippen LogP) is -2.42. The van der Waals surface area contributed by atoms with Crippen LogP contribution in [0.5, 0.6) is 0 Å². The number of nitrogens with one attached hydrogen (secondary N) is 2. The Hall–Kier alpha value is -3.78. The summed E-state index contributed by atoms with van der Waals surface area (Å²) < 4.78 is 18.6. The van der Waals surface area contributed by atoms with E-state index in [4.69, 9.17) is 19.9 Å². The molecular weight excluding hydrogens is 644 g/mol. The Morgan fingerprint density at radius 3 is 2.39 bits per heavy atom. The Balaban J connectivity index is 1.43. The molecule has 1 aromatic heterocycles. The van der Waals surface area contributed by atoms with Crippen LogP contribution < -0.4 is 22.3 Å². The van der Waals surface area contributed by atoms with E-state index in [1.807, 2.05) is 12.1 Å². The van der Waals surface area contributed by atoms with Gasteiger partial charge in [0.2, 0.25) is 5.91 Å². The average Bonchev–Trinajstić information content (AvgIpc) is 3.48. The van der Waals surface area contributed by atoms with Crippen molar-refractivity contribution < 1.29 is 44.2 Å². The largest absolute Gasteiger partial charge is 0.387 e. The fraction of sp³-hybridized carbons (Fsp3) is 0.562. The fourth-order valence-corrected chi connectivity index (χ4v) is 6.28. The van der Waals surface area contributed by atoms with Gasteiger partial charge in [-0.25, -0.2) is 4.79 Å². The number of unbranched alkanes of at least 4 members (excludes halogenated alkanes) is 1. The van der Waals surface area contributed by atoms with Crippen LogP contribution in [-0.2, 0) is 30.2 Å². The molecule has 5 rings (SSSR count). The zero-order valence-electron chi connectivity index (χ0n) is 27.4. The van der Waals surface area contributed by atoms with E-state index in [2.05, 4.69) is 17.2 Å². The fourth-order valence-electron chi connectivity index (χ4n) is 6.28. The number of anilines is 1. The van der Waals surface area contributed by atoms with Gasteiger partial charge in [0.15, 0.2) is 12.5 Å². The molecule has 4 heterocycles. The van der Waals surface area contributed by atoms with Crippen molar-refractivity contribution in [1.29, 1.82) is 0 Å². The first kappa shape index (κ1) is 36.5. The molecule has 2 aromatic rings. The molecule has 2 saturated heterocycles. The Morgan fingerprint density at radius 1 is 1.04 bits per heavy atom. The quantitative estimate of drug-likeness (QED) is 0.130. The van der Waals surface area contributed by atoms with Crippen LogP contribution in [0.15, 0.2) is 57.9 Å². The van der Waals surface area contributed by atoms with Crippen LogP contribution in [0.4, 0.5) is 5.69 Å². The Morgan fingerprint density at radius 2 is 1.76 bits per heavy atom. The summed E-state index contributed by atoms with van der Waals surface area (Å²) in [6, 6.07) is 7.10. The first-order valence-corrected chi connectivity index (χ1v) is 16.1. The number of hydrogen-bond acceptors (Lipinski definition) is 13. The number of nitrogens with zero attached hydrogens (tertiary/aromatic N) is 3. The number of hydrogen-bond donors (Lipinski definition) is 7. The lowest BCUT2D eigenvalue weighted by Crippen LogP contribution is -2.59. The number of ether oxygens (including phenoxy) is 3. The van der Waals surface area contributed by atoms with E-state index in [0.717, 1.165) is 46.6 Å². The van der Waals surface area contributed by atoms with Gasteiger partial charge >= 0.3 is 5.69 Å². The number of aryl methyl sites for hydroxylation is 1. The highest BCUT2D eigenvalue weighted by Crippen LogP contribution is 2.36. The van der Waals surface area contributed by atoms with E-state index in [0.29, 0.717) is 5.69 Å². The molecule has 49 heavy (non-hydrogen) atoms. The summed E-state index contributed by atoms with van der Waals surface area (Å²) in [6.07, 6.45) is -8.12. The predicted molar refractivity (Wildman–Crippen MR) is 173 cm³/mol. The third-order valence-electron chi connectivity index (χ3n) is 9.13. The van der Waals surface area contributed by atoms with Gasteiger partial charge in [0.05, 0.1) is 0 Å². The number of carbonyl (C=O) groups excluding carboxylic acids is 2. The Labute approximate surface area is 281 Å². The van der Waals surface area contributed by atoms with Crippen molar-refractivity contribution in [1.82, 2.24) is 19.4 Å². The van der Waals surface area contributed by atoms with Crippen LogP contribution >= 0.6 is 0 Å². The topological polar surface area (TPSA) is 242 Å². The molecule has 0 unspecified atom stereocenters. The zero-order chi connectivity index (χ0) is 35.6. The normalized spacial score (nSPS) is 31.4. The first-order chi connectivity index (χ1) is 23.4. The van der Waals surface area contributed by atoms with Gasteiger partial charge in [-0.05, 0) is 43.7 Å². The van der Waals surface area contributed by atoms with Gasteiger partial charge in [-0.1, -0.05) is 25.5 Å². The second kappa shape index (κ2) is 15.4. The molecule has 1 aromatic carbocycles. The molecule has 10 atom stereocenters. The molecule has 17 nitrogen and oxygen atoms in total. The smallest absolute Gasteiger partial charge is 0.330 e. The van der Waals surface area contributed by atoms with Crippen LogP contribution in [0.2, 0.25) is 0 Å². The van der Waals surface area contributed by atoms with E-state index in [9.17, 15) is 39.6 Å². The number of rotatable bonds is 11. The molecular formula is C32H44N6O11. The molecule has 3 aliphatic rings. The van der Waals surface area contributed by atoms with E-state index in [-0.39, 0.29) is 18.8 Å². The highest BCUT2D eigenvalue weighted by Gasteiger charge is 2.55. The number of amides is 2. The average molecular weight is 689 g/mol. The van der Waals surface area contributed by atoms with Crippen LogP contribution in [-0.4, -0.2) is 134 Å². The van der Waals surface area contributed by atoms with Gasteiger partial charge in [0.1, 0.15) is 54.5 Å². The molecule has 2 fully saturated rings. The second-order valence-corrected chi connectivity index (χ2v) is 12.5. The first-order valence-electron chi connectivity index (χ1n) is 16.1. The summed E-state index contributed by atoms with van der Waals surface area (Å²) in [5.41, 5.74) is 5.74. The lowest BCUT2D eigenvalue weighted by molar-refractivity contribution is -0.232. The van der Waals surface area contributed by atoms with Crippen LogP contribution in [0.1, 0.15) is 31.6 Å². The summed E-state index contributed by atoms with van der Waals surface area (Å²) in [5, 5.41) is 46.3. The van der Waals surface area contributed by atoms with E-state index < -0.39 is 84.4 Å². The molecule has 3 aliphatic heterocycles. The van der Waals surface area contributed by atoms with Crippen molar-refractivity contribution in [2.45, 2.75) is 87.5 Å². The van der Waals surface area contributed by atoms with E-state index >= 15 is 0 Å². The van der Waals surface area contributed by atoms with Crippen LogP contribution in [0.25, 0.3) is 0 Å². The van der Waals surface area contributed by atoms with Crippen molar-refractivity contribution >= 4 is 17.5 Å². The molecule has 0 spiro atoms. The summed E-state index contributed by atoms with van der Waals surface area (Å²) in [5.74, 6) is -1.24.